The molecule has 1 aliphatic carbocycles. The van der Waals surface area contributed by atoms with E-state index < -0.39 is 17.8 Å². The maximum Gasteiger partial charge on any atom is 0.307 e. The van der Waals surface area contributed by atoms with Crippen LogP contribution in [0.15, 0.2) is 36.4 Å². The number of benzene rings is 1. The number of allylic oxidation sites excluding steroid dienone is 2. The zero-order chi connectivity index (χ0) is 15.4. The minimum atomic E-state index is -0.961. The Balaban J connectivity index is 2.13. The number of Topliss-reactive ketones (excluding diaryl/α,β-unsaturated/α-hetero) is 1. The summed E-state index contributed by atoms with van der Waals surface area (Å²) in [6.07, 6.45) is 4.39. The first kappa shape index (κ1) is 15.0. The molecule has 0 spiro atoms. The minimum absolute atomic E-state index is 0.0879. The zero-order valence-electron chi connectivity index (χ0n) is 11.7. The zero-order valence-corrected chi connectivity index (χ0v) is 11.7. The van der Waals surface area contributed by atoms with E-state index in [1.807, 2.05) is 6.08 Å². The molecule has 1 amide bonds. The Kier molecular flexibility index (Phi) is 4.52. The van der Waals surface area contributed by atoms with Gasteiger partial charge in [-0.05, 0) is 31.9 Å². The van der Waals surface area contributed by atoms with Gasteiger partial charge in [0.15, 0.2) is 5.78 Å². The number of anilines is 1. The van der Waals surface area contributed by atoms with Gasteiger partial charge in [-0.1, -0.05) is 24.3 Å². The van der Waals surface area contributed by atoms with Crippen molar-refractivity contribution < 1.29 is 19.5 Å². The van der Waals surface area contributed by atoms with Gasteiger partial charge in [-0.25, -0.2) is 0 Å². The Labute approximate surface area is 122 Å². The molecule has 0 bridgehead atoms. The quantitative estimate of drug-likeness (QED) is 0.658. The summed E-state index contributed by atoms with van der Waals surface area (Å²) in [6, 6.07) is 6.62. The van der Waals surface area contributed by atoms with Crippen LogP contribution >= 0.6 is 0 Å². The number of hydrogen-bond acceptors (Lipinski definition) is 3. The highest BCUT2D eigenvalue weighted by Gasteiger charge is 2.33. The number of nitrogens with one attached hydrogen (secondary N) is 1. The van der Waals surface area contributed by atoms with E-state index in [1.54, 1.807) is 30.3 Å². The third kappa shape index (κ3) is 3.56. The Morgan fingerprint density at radius 1 is 1.14 bits per heavy atom. The van der Waals surface area contributed by atoms with Gasteiger partial charge >= 0.3 is 5.97 Å². The first-order chi connectivity index (χ1) is 9.99. The number of amides is 1. The topological polar surface area (TPSA) is 83.5 Å². The highest BCUT2D eigenvalue weighted by atomic mass is 16.4. The van der Waals surface area contributed by atoms with E-state index in [-0.39, 0.29) is 11.7 Å². The summed E-state index contributed by atoms with van der Waals surface area (Å²) < 4.78 is 0. The third-order valence-electron chi connectivity index (χ3n) is 3.62. The van der Waals surface area contributed by atoms with Crippen molar-refractivity contribution in [3.63, 3.8) is 0 Å². The van der Waals surface area contributed by atoms with Crippen LogP contribution in [0.25, 0.3) is 0 Å². The van der Waals surface area contributed by atoms with Crippen molar-refractivity contribution in [2.45, 2.75) is 19.8 Å². The second-order valence-electron chi connectivity index (χ2n) is 5.12. The van der Waals surface area contributed by atoms with Crippen LogP contribution in [-0.2, 0) is 9.59 Å². The summed E-state index contributed by atoms with van der Waals surface area (Å²) in [7, 11) is 0. The summed E-state index contributed by atoms with van der Waals surface area (Å²) in [5.74, 6) is -2.67. The second-order valence-corrected chi connectivity index (χ2v) is 5.12. The van der Waals surface area contributed by atoms with Crippen LogP contribution in [0.4, 0.5) is 5.69 Å². The molecular weight excluding hydrogens is 270 g/mol. The van der Waals surface area contributed by atoms with Crippen molar-refractivity contribution in [2.75, 3.05) is 5.32 Å². The van der Waals surface area contributed by atoms with Crippen molar-refractivity contribution in [1.82, 2.24) is 0 Å². The van der Waals surface area contributed by atoms with Crippen molar-refractivity contribution >= 4 is 23.3 Å². The molecule has 5 heteroatoms. The molecule has 2 N–H and O–H groups in total. The molecule has 21 heavy (non-hydrogen) atoms. The summed E-state index contributed by atoms with van der Waals surface area (Å²) in [5, 5.41) is 11.9. The van der Waals surface area contributed by atoms with Crippen LogP contribution in [0.3, 0.4) is 0 Å². The molecule has 1 aliphatic rings. The van der Waals surface area contributed by atoms with Gasteiger partial charge in [0.2, 0.25) is 5.91 Å². The molecular formula is C16H17NO4. The first-order valence-corrected chi connectivity index (χ1v) is 6.78. The fraction of sp³-hybridized carbons (Fsp3) is 0.312. The van der Waals surface area contributed by atoms with Crippen LogP contribution in [0.5, 0.6) is 0 Å². The molecule has 0 unspecified atom stereocenters. The SMILES string of the molecule is CC(=O)c1cccc(NC(=O)[C@H]2CC=CC[C@@H]2C(=O)O)c1. The number of carbonyl (C=O) groups is 3. The largest absolute Gasteiger partial charge is 0.481 e. The van der Waals surface area contributed by atoms with Crippen molar-refractivity contribution in [2.24, 2.45) is 11.8 Å². The summed E-state index contributed by atoms with van der Waals surface area (Å²) in [4.78, 5) is 34.8. The fourth-order valence-electron chi connectivity index (χ4n) is 2.43. The fourth-order valence-corrected chi connectivity index (χ4v) is 2.43. The Bertz CT molecular complexity index is 606. The Hall–Kier alpha value is -2.43. The number of hydrogen-bond donors (Lipinski definition) is 2. The van der Waals surface area contributed by atoms with E-state index in [4.69, 9.17) is 0 Å². The van der Waals surface area contributed by atoms with Gasteiger partial charge in [-0.3, -0.25) is 14.4 Å². The van der Waals surface area contributed by atoms with Crippen molar-refractivity contribution in [3.8, 4) is 0 Å². The lowest BCUT2D eigenvalue weighted by atomic mass is 9.82. The molecule has 2 rings (SSSR count). The van der Waals surface area contributed by atoms with Gasteiger partial charge in [0, 0.05) is 11.3 Å². The smallest absolute Gasteiger partial charge is 0.307 e. The molecule has 1 aromatic carbocycles. The molecule has 0 aliphatic heterocycles. The number of carbonyl (C=O) groups excluding carboxylic acids is 2. The number of aliphatic carboxylic acids is 1. The highest BCUT2D eigenvalue weighted by Crippen LogP contribution is 2.27. The van der Waals surface area contributed by atoms with Crippen molar-refractivity contribution in [1.29, 1.82) is 0 Å². The summed E-state index contributed by atoms with van der Waals surface area (Å²) in [6.45, 7) is 1.45. The molecule has 110 valence electrons. The maximum absolute atomic E-state index is 12.3. The number of carboxylic acid groups (broad SMARTS) is 1. The van der Waals surface area contributed by atoms with E-state index in [0.29, 0.717) is 24.1 Å². The third-order valence-corrected chi connectivity index (χ3v) is 3.62. The molecule has 2 atom stereocenters. The van der Waals surface area contributed by atoms with Crippen LogP contribution < -0.4 is 5.32 Å². The van der Waals surface area contributed by atoms with Gasteiger partial charge in [-0.2, -0.15) is 0 Å². The average Bonchev–Trinajstić information content (AvgIpc) is 2.47. The first-order valence-electron chi connectivity index (χ1n) is 6.78. The predicted molar refractivity (Wildman–Crippen MR) is 78.1 cm³/mol. The lowest BCUT2D eigenvalue weighted by Crippen LogP contribution is -2.34. The molecule has 0 radical (unpaired) electrons. The van der Waals surface area contributed by atoms with Crippen molar-refractivity contribution in [3.05, 3.63) is 42.0 Å². The minimum Gasteiger partial charge on any atom is -0.481 e. The van der Waals surface area contributed by atoms with Gasteiger partial charge in [0.05, 0.1) is 11.8 Å². The van der Waals surface area contributed by atoms with E-state index in [2.05, 4.69) is 5.32 Å². The average molecular weight is 287 g/mol. The van der Waals surface area contributed by atoms with E-state index >= 15 is 0 Å². The molecule has 0 saturated heterocycles. The molecule has 5 nitrogen and oxygen atoms in total. The number of carboxylic acids is 1. The van der Waals surface area contributed by atoms with E-state index in [9.17, 15) is 19.5 Å². The number of rotatable bonds is 4. The molecule has 0 heterocycles. The van der Waals surface area contributed by atoms with E-state index in [1.165, 1.54) is 6.92 Å². The van der Waals surface area contributed by atoms with Gasteiger partial charge in [-0.15, -0.1) is 0 Å². The molecule has 0 saturated carbocycles. The molecule has 0 fully saturated rings. The lowest BCUT2D eigenvalue weighted by molar-refractivity contribution is -0.146. The Morgan fingerprint density at radius 2 is 1.81 bits per heavy atom. The summed E-state index contributed by atoms with van der Waals surface area (Å²) in [5.41, 5.74) is 1.01. The lowest BCUT2D eigenvalue weighted by Gasteiger charge is -2.24. The van der Waals surface area contributed by atoms with Gasteiger partial charge in [0.25, 0.3) is 0 Å². The number of ketones is 1. The van der Waals surface area contributed by atoms with Crippen LogP contribution in [-0.4, -0.2) is 22.8 Å². The predicted octanol–water partition coefficient (Wildman–Crippen LogP) is 2.49. The van der Waals surface area contributed by atoms with Crippen LogP contribution in [0, 0.1) is 11.8 Å². The van der Waals surface area contributed by atoms with E-state index in [0.717, 1.165) is 0 Å². The van der Waals surface area contributed by atoms with Crippen LogP contribution in [0.2, 0.25) is 0 Å². The normalized spacial score (nSPS) is 20.8. The highest BCUT2D eigenvalue weighted by molar-refractivity contribution is 5.98. The monoisotopic (exact) mass is 287 g/mol. The van der Waals surface area contributed by atoms with Crippen LogP contribution in [0.1, 0.15) is 30.1 Å². The van der Waals surface area contributed by atoms with Gasteiger partial charge < -0.3 is 10.4 Å². The Morgan fingerprint density at radius 3 is 2.43 bits per heavy atom. The second kappa shape index (κ2) is 6.35. The standard InChI is InChI=1S/C16H17NO4/c1-10(18)11-5-4-6-12(9-11)17-15(19)13-7-2-3-8-14(13)16(20)21/h2-6,9,13-14H,7-8H2,1H3,(H,17,19)(H,20,21)/t13-,14-/m0/s1. The van der Waals surface area contributed by atoms with Gasteiger partial charge in [0.1, 0.15) is 0 Å². The molecule has 1 aromatic rings. The summed E-state index contributed by atoms with van der Waals surface area (Å²) >= 11 is 0. The molecule has 0 aromatic heterocycles. The maximum atomic E-state index is 12.3.